The molecular formula is C15H18N2O3S. The number of thioether (sulfide) groups is 1. The topological polar surface area (TPSA) is 64.4 Å². The highest BCUT2D eigenvalue weighted by atomic mass is 32.2. The lowest BCUT2D eigenvalue weighted by Crippen LogP contribution is -2.05. The molecule has 0 atom stereocenters. The van der Waals surface area contributed by atoms with Crippen LogP contribution in [0.15, 0.2) is 36.0 Å². The van der Waals surface area contributed by atoms with Crippen LogP contribution in [-0.4, -0.2) is 32.5 Å². The Morgan fingerprint density at radius 1 is 1.57 bits per heavy atom. The van der Waals surface area contributed by atoms with Crippen LogP contribution < -0.4 is 4.74 Å². The molecule has 0 saturated carbocycles. The first-order valence-electron chi connectivity index (χ1n) is 6.64. The summed E-state index contributed by atoms with van der Waals surface area (Å²) in [5.41, 5.74) is 1.67. The Hall–Kier alpha value is -1.95. The van der Waals surface area contributed by atoms with Gasteiger partial charge in [0.1, 0.15) is 11.3 Å². The van der Waals surface area contributed by atoms with E-state index < -0.39 is 5.97 Å². The summed E-state index contributed by atoms with van der Waals surface area (Å²) in [4.78, 5) is 15.3. The minimum Gasteiger partial charge on any atom is -0.489 e. The normalized spacial score (nSPS) is 11.0. The zero-order valence-electron chi connectivity index (χ0n) is 12.1. The second kappa shape index (κ2) is 6.67. The van der Waals surface area contributed by atoms with Crippen LogP contribution in [0.25, 0.3) is 11.0 Å². The van der Waals surface area contributed by atoms with E-state index >= 15 is 0 Å². The van der Waals surface area contributed by atoms with Crippen molar-refractivity contribution in [3.05, 3.63) is 30.9 Å². The lowest BCUT2D eigenvalue weighted by Gasteiger charge is -2.10. The molecule has 1 heterocycles. The van der Waals surface area contributed by atoms with Gasteiger partial charge in [-0.1, -0.05) is 23.9 Å². The monoisotopic (exact) mass is 306 g/mol. The highest BCUT2D eigenvalue weighted by molar-refractivity contribution is 7.99. The molecule has 6 heteroatoms. The quantitative estimate of drug-likeness (QED) is 0.628. The van der Waals surface area contributed by atoms with Crippen LogP contribution in [0.1, 0.15) is 13.8 Å². The van der Waals surface area contributed by atoms with Gasteiger partial charge < -0.3 is 14.4 Å². The van der Waals surface area contributed by atoms with Gasteiger partial charge >= 0.3 is 5.97 Å². The van der Waals surface area contributed by atoms with E-state index in [1.807, 2.05) is 36.6 Å². The molecule has 112 valence electrons. The van der Waals surface area contributed by atoms with Crippen molar-refractivity contribution >= 4 is 28.8 Å². The number of ether oxygens (including phenoxy) is 1. The Morgan fingerprint density at radius 2 is 2.33 bits per heavy atom. The van der Waals surface area contributed by atoms with Gasteiger partial charge in [-0.3, -0.25) is 4.79 Å². The standard InChI is InChI=1S/C15H18N2O3S/c1-4-8-17-11-6-5-7-12(20-10(2)3)14(11)16-15(17)21-9-13(18)19/h4-7,10H,1,8-9H2,2-3H3,(H,18,19). The largest absolute Gasteiger partial charge is 0.489 e. The molecule has 0 aliphatic rings. The molecule has 0 bridgehead atoms. The second-order valence-corrected chi connectivity index (χ2v) is 5.71. The van der Waals surface area contributed by atoms with E-state index in [-0.39, 0.29) is 11.9 Å². The zero-order valence-corrected chi connectivity index (χ0v) is 12.9. The summed E-state index contributed by atoms with van der Waals surface area (Å²) in [6, 6.07) is 5.73. The number of hydrogen-bond donors (Lipinski definition) is 1. The number of allylic oxidation sites excluding steroid dienone is 1. The molecule has 0 radical (unpaired) electrons. The predicted molar refractivity (Wildman–Crippen MR) is 84.1 cm³/mol. The van der Waals surface area contributed by atoms with E-state index in [2.05, 4.69) is 11.6 Å². The fraction of sp³-hybridized carbons (Fsp3) is 0.333. The molecule has 0 unspecified atom stereocenters. The number of para-hydroxylation sites is 1. The fourth-order valence-electron chi connectivity index (χ4n) is 1.99. The molecule has 0 amide bonds. The second-order valence-electron chi connectivity index (χ2n) is 4.77. The molecular weight excluding hydrogens is 288 g/mol. The number of benzene rings is 1. The third-order valence-electron chi connectivity index (χ3n) is 2.71. The number of rotatable bonds is 7. The summed E-state index contributed by atoms with van der Waals surface area (Å²) >= 11 is 1.20. The predicted octanol–water partition coefficient (Wildman–Crippen LogP) is 3.19. The summed E-state index contributed by atoms with van der Waals surface area (Å²) in [5, 5.41) is 9.50. The summed E-state index contributed by atoms with van der Waals surface area (Å²) in [5.74, 6) is -0.181. The van der Waals surface area contributed by atoms with Crippen molar-refractivity contribution in [2.75, 3.05) is 5.75 Å². The SMILES string of the molecule is C=CCn1c(SCC(=O)O)nc2c(OC(C)C)cccc21. The number of nitrogens with zero attached hydrogens (tertiary/aromatic N) is 2. The Morgan fingerprint density at radius 3 is 2.95 bits per heavy atom. The van der Waals surface area contributed by atoms with E-state index in [1.165, 1.54) is 11.8 Å². The van der Waals surface area contributed by atoms with Crippen LogP contribution in [0.5, 0.6) is 5.75 Å². The number of imidazole rings is 1. The fourth-order valence-corrected chi connectivity index (χ4v) is 2.73. The van der Waals surface area contributed by atoms with E-state index in [0.717, 1.165) is 11.0 Å². The van der Waals surface area contributed by atoms with Gasteiger partial charge in [0.05, 0.1) is 17.4 Å². The van der Waals surface area contributed by atoms with Crippen LogP contribution in [-0.2, 0) is 11.3 Å². The van der Waals surface area contributed by atoms with Gasteiger partial charge in [-0.05, 0) is 26.0 Å². The van der Waals surface area contributed by atoms with Crippen LogP contribution in [0.2, 0.25) is 0 Å². The van der Waals surface area contributed by atoms with Crippen molar-refractivity contribution < 1.29 is 14.6 Å². The van der Waals surface area contributed by atoms with Gasteiger partial charge in [-0.15, -0.1) is 6.58 Å². The molecule has 2 aromatic rings. The average molecular weight is 306 g/mol. The van der Waals surface area contributed by atoms with Crippen molar-refractivity contribution in [2.24, 2.45) is 0 Å². The van der Waals surface area contributed by atoms with Crippen molar-refractivity contribution in [2.45, 2.75) is 31.7 Å². The molecule has 0 saturated heterocycles. The molecule has 21 heavy (non-hydrogen) atoms. The molecule has 1 aromatic heterocycles. The average Bonchev–Trinajstić information content (AvgIpc) is 2.76. The Labute approximate surface area is 127 Å². The van der Waals surface area contributed by atoms with Crippen LogP contribution in [0.4, 0.5) is 0 Å². The third-order valence-corrected chi connectivity index (χ3v) is 3.67. The molecule has 0 aliphatic carbocycles. The van der Waals surface area contributed by atoms with Gasteiger partial charge in [0.15, 0.2) is 5.16 Å². The molecule has 0 spiro atoms. The van der Waals surface area contributed by atoms with Gasteiger partial charge in [0, 0.05) is 6.54 Å². The van der Waals surface area contributed by atoms with Crippen molar-refractivity contribution in [3.63, 3.8) is 0 Å². The van der Waals surface area contributed by atoms with Gasteiger partial charge in [0.25, 0.3) is 0 Å². The molecule has 5 nitrogen and oxygen atoms in total. The lowest BCUT2D eigenvalue weighted by atomic mass is 10.3. The number of carbonyl (C=O) groups is 1. The van der Waals surface area contributed by atoms with Gasteiger partial charge in [-0.2, -0.15) is 0 Å². The number of carboxylic acid groups (broad SMARTS) is 1. The van der Waals surface area contributed by atoms with Crippen LogP contribution in [0, 0.1) is 0 Å². The van der Waals surface area contributed by atoms with Gasteiger partial charge in [-0.25, -0.2) is 4.98 Å². The minimum atomic E-state index is -0.865. The smallest absolute Gasteiger partial charge is 0.313 e. The summed E-state index contributed by atoms with van der Waals surface area (Å²) in [6.45, 7) is 8.23. The first-order chi connectivity index (χ1) is 10.0. The number of aliphatic carboxylic acids is 1. The number of hydrogen-bond acceptors (Lipinski definition) is 4. The molecule has 2 rings (SSSR count). The number of fused-ring (bicyclic) bond motifs is 1. The highest BCUT2D eigenvalue weighted by Gasteiger charge is 2.15. The van der Waals surface area contributed by atoms with E-state index in [9.17, 15) is 4.79 Å². The molecule has 1 aromatic carbocycles. The zero-order chi connectivity index (χ0) is 15.4. The first-order valence-corrected chi connectivity index (χ1v) is 7.63. The lowest BCUT2D eigenvalue weighted by molar-refractivity contribution is -0.133. The van der Waals surface area contributed by atoms with E-state index in [4.69, 9.17) is 9.84 Å². The molecule has 0 fully saturated rings. The van der Waals surface area contributed by atoms with Crippen molar-refractivity contribution in [3.8, 4) is 5.75 Å². The molecule has 1 N–H and O–H groups in total. The maximum absolute atomic E-state index is 10.8. The Bertz CT molecular complexity index is 664. The number of carboxylic acids is 1. The maximum Gasteiger partial charge on any atom is 0.313 e. The maximum atomic E-state index is 10.8. The minimum absolute atomic E-state index is 0.0269. The summed E-state index contributed by atoms with van der Waals surface area (Å²) < 4.78 is 7.72. The van der Waals surface area contributed by atoms with E-state index in [1.54, 1.807) is 6.08 Å². The highest BCUT2D eigenvalue weighted by Crippen LogP contribution is 2.30. The summed E-state index contributed by atoms with van der Waals surface area (Å²) in [6.07, 6.45) is 1.82. The molecule has 0 aliphatic heterocycles. The van der Waals surface area contributed by atoms with Crippen molar-refractivity contribution in [1.82, 2.24) is 9.55 Å². The summed E-state index contributed by atoms with van der Waals surface area (Å²) in [7, 11) is 0. The van der Waals surface area contributed by atoms with Crippen LogP contribution >= 0.6 is 11.8 Å². The van der Waals surface area contributed by atoms with Crippen LogP contribution in [0.3, 0.4) is 0 Å². The Kier molecular flexibility index (Phi) is 4.90. The third kappa shape index (κ3) is 3.58. The Balaban J connectivity index is 2.49. The number of aromatic nitrogens is 2. The van der Waals surface area contributed by atoms with Crippen molar-refractivity contribution in [1.29, 1.82) is 0 Å². The van der Waals surface area contributed by atoms with Gasteiger partial charge in [0.2, 0.25) is 0 Å². The van der Waals surface area contributed by atoms with E-state index in [0.29, 0.717) is 17.5 Å². The first kappa shape index (κ1) is 15.4.